The summed E-state index contributed by atoms with van der Waals surface area (Å²) in [6, 6.07) is 13.4. The van der Waals surface area contributed by atoms with E-state index < -0.39 is 35.6 Å². The first-order chi connectivity index (χ1) is 20.1. The Morgan fingerprint density at radius 1 is 1.12 bits per heavy atom. The SMILES string of the molecule is Cc1cc(=O)oc2cc(NC(=O)[C@H](CCCN=C(N)N)NC(=O)[C@@H]3CCCN3C(=O)[C@H](N)Cc3ccccc3)ccc12. The Labute approximate surface area is 243 Å². The monoisotopic (exact) mass is 575 g/mol. The number of nitrogens with two attached hydrogens (primary N) is 3. The van der Waals surface area contributed by atoms with Crippen molar-refractivity contribution in [3.05, 3.63) is 76.1 Å². The Kier molecular flexibility index (Phi) is 9.92. The largest absolute Gasteiger partial charge is 0.423 e. The average Bonchev–Trinajstić information content (AvgIpc) is 3.44. The molecule has 42 heavy (non-hydrogen) atoms. The lowest BCUT2D eigenvalue weighted by Crippen LogP contribution is -2.54. The quantitative estimate of drug-likeness (QED) is 0.0970. The second-order valence-electron chi connectivity index (χ2n) is 10.4. The van der Waals surface area contributed by atoms with Crippen molar-refractivity contribution in [2.45, 2.75) is 57.2 Å². The van der Waals surface area contributed by atoms with E-state index >= 15 is 0 Å². The number of aliphatic imine (C=N–C) groups is 1. The minimum atomic E-state index is -0.942. The van der Waals surface area contributed by atoms with E-state index in [0.717, 1.165) is 16.5 Å². The number of carbonyl (C=O) groups excluding carboxylic acids is 3. The molecule has 12 heteroatoms. The maximum atomic E-state index is 13.5. The van der Waals surface area contributed by atoms with Crippen LogP contribution in [0.25, 0.3) is 11.0 Å². The number of fused-ring (bicyclic) bond motifs is 1. The molecule has 4 rings (SSSR count). The van der Waals surface area contributed by atoms with Crippen molar-refractivity contribution < 1.29 is 18.8 Å². The Balaban J connectivity index is 1.46. The highest BCUT2D eigenvalue weighted by molar-refractivity contribution is 6.00. The van der Waals surface area contributed by atoms with Gasteiger partial charge in [-0.25, -0.2) is 4.79 Å². The predicted octanol–water partition coefficient (Wildman–Crippen LogP) is 1.14. The number of nitrogens with zero attached hydrogens (tertiary/aromatic N) is 2. The van der Waals surface area contributed by atoms with Crippen molar-refractivity contribution in [2.75, 3.05) is 18.4 Å². The molecule has 1 aromatic heterocycles. The van der Waals surface area contributed by atoms with Crippen molar-refractivity contribution in [3.63, 3.8) is 0 Å². The second-order valence-corrected chi connectivity index (χ2v) is 10.4. The van der Waals surface area contributed by atoms with E-state index in [1.807, 2.05) is 30.3 Å². The third-order valence-electron chi connectivity index (χ3n) is 7.25. The molecule has 12 nitrogen and oxygen atoms in total. The topological polar surface area (TPSA) is 199 Å². The first kappa shape index (κ1) is 30.3. The first-order valence-electron chi connectivity index (χ1n) is 13.9. The summed E-state index contributed by atoms with van der Waals surface area (Å²) in [5.41, 5.74) is 19.0. The van der Waals surface area contributed by atoms with Crippen LogP contribution in [0.3, 0.4) is 0 Å². The highest BCUT2D eigenvalue weighted by Crippen LogP contribution is 2.22. The third kappa shape index (κ3) is 7.72. The predicted molar refractivity (Wildman–Crippen MR) is 161 cm³/mol. The molecular formula is C30H37N7O5. The molecule has 2 aromatic carbocycles. The van der Waals surface area contributed by atoms with Gasteiger partial charge in [0.25, 0.3) is 0 Å². The molecule has 0 bridgehead atoms. The molecule has 1 aliphatic rings. The molecule has 8 N–H and O–H groups in total. The van der Waals surface area contributed by atoms with Gasteiger partial charge in [-0.2, -0.15) is 0 Å². The van der Waals surface area contributed by atoms with E-state index in [1.54, 1.807) is 25.1 Å². The molecule has 1 aliphatic heterocycles. The van der Waals surface area contributed by atoms with Gasteiger partial charge in [0.2, 0.25) is 17.7 Å². The third-order valence-corrected chi connectivity index (χ3v) is 7.25. The summed E-state index contributed by atoms with van der Waals surface area (Å²) >= 11 is 0. The van der Waals surface area contributed by atoms with Crippen LogP contribution < -0.4 is 33.5 Å². The van der Waals surface area contributed by atoms with Crippen molar-refractivity contribution in [1.82, 2.24) is 10.2 Å². The molecule has 0 saturated carbocycles. The van der Waals surface area contributed by atoms with Crippen molar-refractivity contribution in [2.24, 2.45) is 22.2 Å². The highest BCUT2D eigenvalue weighted by atomic mass is 16.4. The zero-order chi connectivity index (χ0) is 30.2. The summed E-state index contributed by atoms with van der Waals surface area (Å²) in [5.74, 6) is -1.29. The smallest absolute Gasteiger partial charge is 0.336 e. The number of aryl methyl sites for hydroxylation is 1. The lowest BCUT2D eigenvalue weighted by atomic mass is 10.0. The van der Waals surface area contributed by atoms with E-state index in [1.165, 1.54) is 11.0 Å². The van der Waals surface area contributed by atoms with E-state index in [4.69, 9.17) is 21.6 Å². The van der Waals surface area contributed by atoms with Crippen LogP contribution in [0.1, 0.15) is 36.8 Å². The van der Waals surface area contributed by atoms with Gasteiger partial charge in [0.1, 0.15) is 17.7 Å². The Morgan fingerprint density at radius 2 is 1.88 bits per heavy atom. The molecule has 1 saturated heterocycles. The number of benzene rings is 2. The fourth-order valence-corrected chi connectivity index (χ4v) is 5.14. The van der Waals surface area contributed by atoms with Crippen molar-refractivity contribution >= 4 is 40.3 Å². The van der Waals surface area contributed by atoms with Gasteiger partial charge in [0.15, 0.2) is 5.96 Å². The van der Waals surface area contributed by atoms with Crippen LogP contribution in [0.15, 0.2) is 68.8 Å². The van der Waals surface area contributed by atoms with E-state index in [-0.39, 0.29) is 24.8 Å². The maximum absolute atomic E-state index is 13.5. The summed E-state index contributed by atoms with van der Waals surface area (Å²) in [6.45, 7) is 2.47. The van der Waals surface area contributed by atoms with E-state index in [0.29, 0.717) is 43.5 Å². The molecule has 0 spiro atoms. The number of nitrogens with one attached hydrogen (secondary N) is 2. The van der Waals surface area contributed by atoms with Crippen LogP contribution in [-0.2, 0) is 20.8 Å². The number of likely N-dealkylation sites (tertiary alicyclic amines) is 1. The number of guanidine groups is 1. The van der Waals surface area contributed by atoms with E-state index in [9.17, 15) is 19.2 Å². The molecule has 0 aliphatic carbocycles. The molecule has 0 unspecified atom stereocenters. The molecule has 1 fully saturated rings. The lowest BCUT2D eigenvalue weighted by Gasteiger charge is -2.28. The van der Waals surface area contributed by atoms with E-state index in [2.05, 4.69) is 15.6 Å². The van der Waals surface area contributed by atoms with Crippen LogP contribution >= 0.6 is 0 Å². The fourth-order valence-electron chi connectivity index (χ4n) is 5.14. The number of anilines is 1. The van der Waals surface area contributed by atoms with Crippen molar-refractivity contribution in [3.8, 4) is 0 Å². The minimum absolute atomic E-state index is 0.0695. The van der Waals surface area contributed by atoms with Crippen LogP contribution in [-0.4, -0.2) is 59.8 Å². The van der Waals surface area contributed by atoms with Gasteiger partial charge in [-0.05, 0) is 62.3 Å². The zero-order valence-electron chi connectivity index (χ0n) is 23.5. The van der Waals surface area contributed by atoms with Gasteiger partial charge < -0.3 is 37.2 Å². The summed E-state index contributed by atoms with van der Waals surface area (Å²) < 4.78 is 5.29. The Hall–Kier alpha value is -4.71. The standard InChI is InChI=1S/C30H37N7O5/c1-18-15-26(38)42-25-17-20(11-12-21(18)25)35-27(39)23(9-5-13-34-30(32)33)36-28(40)24-10-6-14-37(24)29(41)22(31)16-19-7-3-2-4-8-19/h2-4,7-8,11-12,15,17,22-24H,5-6,9-10,13-14,16,31H2,1H3,(H,35,39)(H,36,40)(H4,32,33,34)/t22-,23+,24+/m1/s1. The maximum Gasteiger partial charge on any atom is 0.336 e. The molecule has 3 aromatic rings. The van der Waals surface area contributed by atoms with Gasteiger partial charge >= 0.3 is 5.63 Å². The molecule has 2 heterocycles. The van der Waals surface area contributed by atoms with Gasteiger partial charge in [-0.15, -0.1) is 0 Å². The van der Waals surface area contributed by atoms with Crippen LogP contribution in [0.4, 0.5) is 5.69 Å². The average molecular weight is 576 g/mol. The van der Waals surface area contributed by atoms with Gasteiger partial charge in [-0.1, -0.05) is 30.3 Å². The summed E-state index contributed by atoms with van der Waals surface area (Å²) in [4.78, 5) is 57.4. The number of hydrogen-bond donors (Lipinski definition) is 5. The summed E-state index contributed by atoms with van der Waals surface area (Å²) in [7, 11) is 0. The number of carbonyl (C=O) groups is 3. The number of hydrogen-bond acceptors (Lipinski definition) is 7. The van der Waals surface area contributed by atoms with Crippen LogP contribution in [0, 0.1) is 6.92 Å². The van der Waals surface area contributed by atoms with Gasteiger partial charge in [-0.3, -0.25) is 19.4 Å². The Bertz CT molecular complexity index is 1520. The number of amides is 3. The number of rotatable bonds is 11. The lowest BCUT2D eigenvalue weighted by molar-refractivity contribution is -0.140. The summed E-state index contributed by atoms with van der Waals surface area (Å²) in [6.07, 6.45) is 2.11. The molecule has 3 amide bonds. The van der Waals surface area contributed by atoms with Gasteiger partial charge in [0.05, 0.1) is 6.04 Å². The first-order valence-corrected chi connectivity index (χ1v) is 13.9. The molecule has 222 valence electrons. The fraction of sp³-hybridized carbons (Fsp3) is 0.367. The molecular weight excluding hydrogens is 538 g/mol. The van der Waals surface area contributed by atoms with Crippen molar-refractivity contribution in [1.29, 1.82) is 0 Å². The van der Waals surface area contributed by atoms with Crippen LogP contribution in [0.2, 0.25) is 0 Å². The highest BCUT2D eigenvalue weighted by Gasteiger charge is 2.37. The zero-order valence-corrected chi connectivity index (χ0v) is 23.5. The second kappa shape index (κ2) is 13.8. The normalized spacial score (nSPS) is 16.0. The molecule has 3 atom stereocenters. The minimum Gasteiger partial charge on any atom is -0.423 e. The Morgan fingerprint density at radius 3 is 2.62 bits per heavy atom. The van der Waals surface area contributed by atoms with Gasteiger partial charge in [0, 0.05) is 36.3 Å². The summed E-state index contributed by atoms with van der Waals surface area (Å²) in [5, 5.41) is 6.36. The molecule has 0 radical (unpaired) electrons. The van der Waals surface area contributed by atoms with Crippen LogP contribution in [0.5, 0.6) is 0 Å².